The molecule has 0 amide bonds. The van der Waals surface area contributed by atoms with Gasteiger partial charge in [0.25, 0.3) is 0 Å². The fourth-order valence-electron chi connectivity index (χ4n) is 2.54. The lowest BCUT2D eigenvalue weighted by molar-refractivity contribution is 0.0420. The first kappa shape index (κ1) is 23.1. The Labute approximate surface area is 171 Å². The summed E-state index contributed by atoms with van der Waals surface area (Å²) >= 11 is 0. The molecule has 0 radical (unpaired) electrons. The van der Waals surface area contributed by atoms with Crippen LogP contribution in [0.15, 0.2) is 29.3 Å². The highest BCUT2D eigenvalue weighted by molar-refractivity contribution is 14.0. The van der Waals surface area contributed by atoms with Gasteiger partial charge in [0.1, 0.15) is 11.9 Å². The molecule has 2 rings (SSSR count). The molecule has 1 saturated heterocycles. The van der Waals surface area contributed by atoms with Gasteiger partial charge >= 0.3 is 0 Å². The van der Waals surface area contributed by atoms with Crippen LogP contribution in [0.25, 0.3) is 0 Å². The predicted octanol–water partition coefficient (Wildman–Crippen LogP) is 2.23. The molecular formula is C18H29FIN3O3. The lowest BCUT2D eigenvalue weighted by atomic mass is 10.1. The van der Waals surface area contributed by atoms with Crippen molar-refractivity contribution in [3.8, 4) is 0 Å². The number of aliphatic hydroxyl groups is 1. The summed E-state index contributed by atoms with van der Waals surface area (Å²) in [6.45, 7) is 5.60. The molecule has 1 aliphatic heterocycles. The number of aliphatic imine (C=N–C) groups is 1. The lowest BCUT2D eigenvalue weighted by Crippen LogP contribution is -2.38. The van der Waals surface area contributed by atoms with Gasteiger partial charge in [0.2, 0.25) is 0 Å². The van der Waals surface area contributed by atoms with E-state index < -0.39 is 11.9 Å². The van der Waals surface area contributed by atoms with E-state index in [1.54, 1.807) is 18.2 Å². The number of benzene rings is 1. The normalized spacial score (nSPS) is 18.3. The molecule has 0 aromatic heterocycles. The summed E-state index contributed by atoms with van der Waals surface area (Å²) in [7, 11) is 0. The SMILES string of the molecule is CCNC(=NCC(O)c1ccccc1F)NCCCOC1CCOC1.I. The van der Waals surface area contributed by atoms with Crippen LogP contribution in [-0.2, 0) is 9.47 Å². The van der Waals surface area contributed by atoms with Gasteiger partial charge in [-0.15, -0.1) is 24.0 Å². The Balaban J connectivity index is 0.00000338. The van der Waals surface area contributed by atoms with Crippen molar-refractivity contribution in [2.75, 3.05) is 39.5 Å². The Bertz CT molecular complexity index is 542. The molecule has 1 aliphatic rings. The van der Waals surface area contributed by atoms with Crippen molar-refractivity contribution in [2.24, 2.45) is 4.99 Å². The van der Waals surface area contributed by atoms with Crippen molar-refractivity contribution in [1.82, 2.24) is 10.6 Å². The molecule has 1 fully saturated rings. The number of hydrogen-bond donors (Lipinski definition) is 3. The fourth-order valence-corrected chi connectivity index (χ4v) is 2.54. The number of guanidine groups is 1. The van der Waals surface area contributed by atoms with Gasteiger partial charge in [-0.25, -0.2) is 4.39 Å². The Hall–Kier alpha value is -0.970. The summed E-state index contributed by atoms with van der Waals surface area (Å²) in [5.74, 6) is 0.179. The van der Waals surface area contributed by atoms with Crippen LogP contribution in [0.5, 0.6) is 0 Å². The maximum Gasteiger partial charge on any atom is 0.191 e. The Morgan fingerprint density at radius 2 is 2.23 bits per heavy atom. The number of ether oxygens (including phenoxy) is 2. The third kappa shape index (κ3) is 8.15. The second-order valence-electron chi connectivity index (χ2n) is 5.89. The molecule has 3 N–H and O–H groups in total. The molecule has 0 saturated carbocycles. The number of halogens is 2. The largest absolute Gasteiger partial charge is 0.386 e. The number of hydrogen-bond acceptors (Lipinski definition) is 4. The minimum Gasteiger partial charge on any atom is -0.386 e. The number of nitrogens with zero attached hydrogens (tertiary/aromatic N) is 1. The zero-order valence-corrected chi connectivity index (χ0v) is 17.4. The van der Waals surface area contributed by atoms with Crippen molar-refractivity contribution >= 4 is 29.9 Å². The van der Waals surface area contributed by atoms with E-state index in [0.29, 0.717) is 32.3 Å². The highest BCUT2D eigenvalue weighted by Gasteiger charge is 2.15. The summed E-state index contributed by atoms with van der Waals surface area (Å²) in [5.41, 5.74) is 0.259. The van der Waals surface area contributed by atoms with Gasteiger partial charge in [-0.3, -0.25) is 4.99 Å². The summed E-state index contributed by atoms with van der Waals surface area (Å²) in [4.78, 5) is 4.32. The van der Waals surface area contributed by atoms with Crippen LogP contribution in [0.3, 0.4) is 0 Å². The first-order valence-corrected chi connectivity index (χ1v) is 8.84. The van der Waals surface area contributed by atoms with Crippen LogP contribution in [0.4, 0.5) is 4.39 Å². The molecule has 2 atom stereocenters. The minimum atomic E-state index is -0.970. The first-order valence-electron chi connectivity index (χ1n) is 8.84. The maximum atomic E-state index is 13.7. The smallest absolute Gasteiger partial charge is 0.191 e. The summed E-state index contributed by atoms with van der Waals surface area (Å²) in [5, 5.41) is 16.4. The molecule has 6 nitrogen and oxygen atoms in total. The molecule has 0 aliphatic carbocycles. The van der Waals surface area contributed by atoms with Gasteiger partial charge in [0.05, 0.1) is 19.3 Å². The van der Waals surface area contributed by atoms with Gasteiger partial charge in [0.15, 0.2) is 5.96 Å². The third-order valence-electron chi connectivity index (χ3n) is 3.89. The zero-order valence-electron chi connectivity index (χ0n) is 15.1. The molecule has 1 aromatic carbocycles. The highest BCUT2D eigenvalue weighted by Crippen LogP contribution is 2.16. The lowest BCUT2D eigenvalue weighted by Gasteiger charge is -2.14. The number of aliphatic hydroxyl groups excluding tert-OH is 1. The number of rotatable bonds is 9. The van der Waals surface area contributed by atoms with E-state index in [2.05, 4.69) is 15.6 Å². The Kier molecular flexibility index (Phi) is 11.7. The quantitative estimate of drug-likeness (QED) is 0.218. The monoisotopic (exact) mass is 481 g/mol. The van der Waals surface area contributed by atoms with E-state index >= 15 is 0 Å². The molecule has 0 bridgehead atoms. The first-order chi connectivity index (χ1) is 12.2. The Morgan fingerprint density at radius 1 is 1.42 bits per heavy atom. The van der Waals surface area contributed by atoms with Crippen molar-refractivity contribution in [3.05, 3.63) is 35.6 Å². The molecular weight excluding hydrogens is 452 g/mol. The molecule has 148 valence electrons. The molecule has 2 unspecified atom stereocenters. The fraction of sp³-hybridized carbons (Fsp3) is 0.611. The highest BCUT2D eigenvalue weighted by atomic mass is 127. The van der Waals surface area contributed by atoms with Gasteiger partial charge < -0.3 is 25.2 Å². The predicted molar refractivity (Wildman–Crippen MR) is 111 cm³/mol. The average molecular weight is 481 g/mol. The molecule has 1 aromatic rings. The van der Waals surface area contributed by atoms with Crippen molar-refractivity contribution in [2.45, 2.75) is 32.0 Å². The second-order valence-corrected chi connectivity index (χ2v) is 5.89. The van der Waals surface area contributed by atoms with E-state index in [4.69, 9.17) is 9.47 Å². The molecule has 1 heterocycles. The maximum absolute atomic E-state index is 13.7. The third-order valence-corrected chi connectivity index (χ3v) is 3.89. The summed E-state index contributed by atoms with van der Waals surface area (Å²) < 4.78 is 24.6. The minimum absolute atomic E-state index is 0. The van der Waals surface area contributed by atoms with Crippen LogP contribution in [-0.4, -0.2) is 56.6 Å². The topological polar surface area (TPSA) is 75.1 Å². The van der Waals surface area contributed by atoms with Crippen molar-refractivity contribution < 1.29 is 19.0 Å². The van der Waals surface area contributed by atoms with Crippen LogP contribution < -0.4 is 10.6 Å². The van der Waals surface area contributed by atoms with E-state index in [1.807, 2.05) is 6.92 Å². The van der Waals surface area contributed by atoms with Crippen LogP contribution in [0, 0.1) is 5.82 Å². The van der Waals surface area contributed by atoms with Gasteiger partial charge in [-0.1, -0.05) is 18.2 Å². The molecule has 0 spiro atoms. The summed E-state index contributed by atoms with van der Waals surface area (Å²) in [6.07, 6.45) is 1.06. The van der Waals surface area contributed by atoms with Crippen LogP contribution >= 0.6 is 24.0 Å². The zero-order chi connectivity index (χ0) is 17.9. The Morgan fingerprint density at radius 3 is 2.92 bits per heavy atom. The van der Waals surface area contributed by atoms with E-state index in [0.717, 1.165) is 19.4 Å². The van der Waals surface area contributed by atoms with Crippen LogP contribution in [0.1, 0.15) is 31.4 Å². The van der Waals surface area contributed by atoms with E-state index in [9.17, 15) is 9.50 Å². The van der Waals surface area contributed by atoms with E-state index in [1.165, 1.54) is 6.07 Å². The van der Waals surface area contributed by atoms with Crippen molar-refractivity contribution in [1.29, 1.82) is 0 Å². The second kappa shape index (κ2) is 13.2. The standard InChI is InChI=1S/C18H28FN3O3.HI/c1-2-20-18(21-9-5-10-25-14-8-11-24-13-14)22-12-17(23)15-6-3-4-7-16(15)19;/h3-4,6-7,14,17,23H,2,5,8-13H2,1H3,(H2,20,21,22);1H. The van der Waals surface area contributed by atoms with Gasteiger partial charge in [-0.2, -0.15) is 0 Å². The van der Waals surface area contributed by atoms with Crippen LogP contribution in [0.2, 0.25) is 0 Å². The average Bonchev–Trinajstić information content (AvgIpc) is 3.13. The van der Waals surface area contributed by atoms with Gasteiger partial charge in [0, 0.05) is 31.9 Å². The summed E-state index contributed by atoms with van der Waals surface area (Å²) in [6, 6.07) is 6.20. The van der Waals surface area contributed by atoms with E-state index in [-0.39, 0.29) is 42.2 Å². The molecule has 8 heteroatoms. The molecule has 26 heavy (non-hydrogen) atoms. The van der Waals surface area contributed by atoms with Crippen molar-refractivity contribution in [3.63, 3.8) is 0 Å². The number of nitrogens with one attached hydrogen (secondary N) is 2. The van der Waals surface area contributed by atoms with Gasteiger partial charge in [-0.05, 0) is 25.8 Å².